The molecule has 22 heavy (non-hydrogen) atoms. The van der Waals surface area contributed by atoms with Crippen molar-refractivity contribution in [1.82, 2.24) is 0 Å². The standard InChI is InChI=1S/C16H30O6/c17-12-6-10-16(15(21)22,11-7-13-18)9-5-3-1-2-4-8-14(19)20/h17-18H,1-13H2,(H,19,20)(H,21,22). The molecule has 0 aliphatic carbocycles. The Bertz CT molecular complexity index is 308. The van der Waals surface area contributed by atoms with Crippen LogP contribution in [0.1, 0.15) is 70.6 Å². The van der Waals surface area contributed by atoms with Crippen molar-refractivity contribution < 1.29 is 30.0 Å². The highest BCUT2D eigenvalue weighted by Gasteiger charge is 2.36. The highest BCUT2D eigenvalue weighted by Crippen LogP contribution is 2.36. The minimum Gasteiger partial charge on any atom is -0.481 e. The van der Waals surface area contributed by atoms with Gasteiger partial charge in [-0.3, -0.25) is 9.59 Å². The molecule has 0 bridgehead atoms. The van der Waals surface area contributed by atoms with Gasteiger partial charge in [0.05, 0.1) is 5.41 Å². The molecule has 0 saturated carbocycles. The van der Waals surface area contributed by atoms with E-state index in [0.717, 1.165) is 25.7 Å². The topological polar surface area (TPSA) is 115 Å². The van der Waals surface area contributed by atoms with E-state index in [9.17, 15) is 14.7 Å². The van der Waals surface area contributed by atoms with Crippen molar-refractivity contribution in [2.75, 3.05) is 13.2 Å². The third-order valence-electron chi connectivity index (χ3n) is 4.13. The number of rotatable bonds is 15. The Morgan fingerprint density at radius 3 is 1.59 bits per heavy atom. The first-order chi connectivity index (χ1) is 10.5. The predicted octanol–water partition coefficient (Wildman–Crippen LogP) is 2.42. The Kier molecular flexibility index (Phi) is 11.8. The van der Waals surface area contributed by atoms with E-state index < -0.39 is 17.4 Å². The lowest BCUT2D eigenvalue weighted by molar-refractivity contribution is -0.151. The summed E-state index contributed by atoms with van der Waals surface area (Å²) in [6.45, 7) is -0.0489. The number of hydrogen-bond donors (Lipinski definition) is 4. The van der Waals surface area contributed by atoms with Gasteiger partial charge in [-0.05, 0) is 38.5 Å². The van der Waals surface area contributed by atoms with E-state index in [0.29, 0.717) is 38.5 Å². The molecule has 0 spiro atoms. The number of aliphatic hydroxyl groups excluding tert-OH is 2. The van der Waals surface area contributed by atoms with Gasteiger partial charge in [0.25, 0.3) is 0 Å². The van der Waals surface area contributed by atoms with Crippen molar-refractivity contribution in [2.24, 2.45) is 5.41 Å². The molecule has 0 aliphatic rings. The van der Waals surface area contributed by atoms with Crippen LogP contribution in [-0.2, 0) is 9.59 Å². The summed E-state index contributed by atoms with van der Waals surface area (Å²) in [6.07, 6.45) is 6.57. The van der Waals surface area contributed by atoms with Crippen LogP contribution in [0.25, 0.3) is 0 Å². The molecule has 0 atom stereocenters. The largest absolute Gasteiger partial charge is 0.481 e. The van der Waals surface area contributed by atoms with Crippen molar-refractivity contribution in [3.05, 3.63) is 0 Å². The molecule has 4 N–H and O–H groups in total. The number of hydrogen-bond acceptors (Lipinski definition) is 4. The van der Waals surface area contributed by atoms with Crippen LogP contribution in [0.5, 0.6) is 0 Å². The fourth-order valence-corrected chi connectivity index (χ4v) is 2.80. The second kappa shape index (κ2) is 12.4. The van der Waals surface area contributed by atoms with Crippen LogP contribution in [0.4, 0.5) is 0 Å². The summed E-state index contributed by atoms with van der Waals surface area (Å²) in [7, 11) is 0. The van der Waals surface area contributed by atoms with Gasteiger partial charge in [0, 0.05) is 19.6 Å². The van der Waals surface area contributed by atoms with Gasteiger partial charge in [-0.15, -0.1) is 0 Å². The zero-order valence-corrected chi connectivity index (χ0v) is 13.3. The van der Waals surface area contributed by atoms with Crippen molar-refractivity contribution in [3.63, 3.8) is 0 Å². The Labute approximate surface area is 132 Å². The molecule has 0 amide bonds. The normalized spacial score (nSPS) is 11.5. The summed E-state index contributed by atoms with van der Waals surface area (Å²) in [4.78, 5) is 22.0. The van der Waals surface area contributed by atoms with Gasteiger partial charge in [0.2, 0.25) is 0 Å². The lowest BCUT2D eigenvalue weighted by Gasteiger charge is -2.29. The summed E-state index contributed by atoms with van der Waals surface area (Å²) in [5, 5.41) is 36.0. The average Bonchev–Trinajstić information content (AvgIpc) is 2.47. The molecule has 0 radical (unpaired) electrons. The van der Waals surface area contributed by atoms with Gasteiger partial charge in [-0.25, -0.2) is 0 Å². The lowest BCUT2D eigenvalue weighted by atomic mass is 9.75. The maximum Gasteiger partial charge on any atom is 0.309 e. The maximum absolute atomic E-state index is 11.6. The molecule has 130 valence electrons. The molecule has 0 heterocycles. The lowest BCUT2D eigenvalue weighted by Crippen LogP contribution is -2.32. The van der Waals surface area contributed by atoms with Crippen LogP contribution in [0.3, 0.4) is 0 Å². The maximum atomic E-state index is 11.6. The third-order valence-corrected chi connectivity index (χ3v) is 4.13. The fraction of sp³-hybridized carbons (Fsp3) is 0.875. The quantitative estimate of drug-likeness (QED) is 0.345. The Hall–Kier alpha value is -1.14. The SMILES string of the molecule is O=C(O)CCCCCCCC(CCCO)(CCCO)C(=O)O. The van der Waals surface area contributed by atoms with Gasteiger partial charge in [-0.1, -0.05) is 25.7 Å². The van der Waals surface area contributed by atoms with Crippen LogP contribution >= 0.6 is 0 Å². The van der Waals surface area contributed by atoms with Gasteiger partial charge in [0.1, 0.15) is 0 Å². The number of aliphatic hydroxyl groups is 2. The van der Waals surface area contributed by atoms with E-state index in [-0.39, 0.29) is 19.6 Å². The van der Waals surface area contributed by atoms with Gasteiger partial charge in [0.15, 0.2) is 0 Å². The van der Waals surface area contributed by atoms with Crippen LogP contribution in [0.2, 0.25) is 0 Å². The van der Waals surface area contributed by atoms with Crippen molar-refractivity contribution in [1.29, 1.82) is 0 Å². The number of carbonyl (C=O) groups is 2. The molecule has 0 aliphatic heterocycles. The Morgan fingerprint density at radius 2 is 1.14 bits per heavy atom. The minimum atomic E-state index is -0.855. The first kappa shape index (κ1) is 20.9. The van der Waals surface area contributed by atoms with E-state index in [2.05, 4.69) is 0 Å². The highest BCUT2D eigenvalue weighted by molar-refractivity contribution is 5.74. The third kappa shape index (κ3) is 9.00. The van der Waals surface area contributed by atoms with Gasteiger partial charge < -0.3 is 20.4 Å². The molecular formula is C16H30O6. The second-order valence-corrected chi connectivity index (χ2v) is 5.90. The van der Waals surface area contributed by atoms with Gasteiger partial charge in [-0.2, -0.15) is 0 Å². The molecule has 0 rings (SSSR count). The molecule has 0 saturated heterocycles. The zero-order chi connectivity index (χ0) is 16.8. The van der Waals surface area contributed by atoms with E-state index in [1.54, 1.807) is 0 Å². The van der Waals surface area contributed by atoms with E-state index >= 15 is 0 Å². The fourth-order valence-electron chi connectivity index (χ4n) is 2.80. The van der Waals surface area contributed by atoms with E-state index in [1.165, 1.54) is 0 Å². The van der Waals surface area contributed by atoms with Crippen LogP contribution in [0.15, 0.2) is 0 Å². The first-order valence-corrected chi connectivity index (χ1v) is 8.15. The van der Waals surface area contributed by atoms with Crippen molar-refractivity contribution >= 4 is 11.9 Å². The molecule has 6 nitrogen and oxygen atoms in total. The number of carboxylic acid groups (broad SMARTS) is 2. The highest BCUT2D eigenvalue weighted by atomic mass is 16.4. The minimum absolute atomic E-state index is 0.0245. The van der Waals surface area contributed by atoms with E-state index in [1.807, 2.05) is 0 Å². The summed E-state index contributed by atoms with van der Waals surface area (Å²) >= 11 is 0. The van der Waals surface area contributed by atoms with Crippen LogP contribution in [0, 0.1) is 5.41 Å². The van der Waals surface area contributed by atoms with Gasteiger partial charge >= 0.3 is 11.9 Å². The monoisotopic (exact) mass is 318 g/mol. The summed E-state index contributed by atoms with van der Waals surface area (Å²) in [5.41, 5.74) is -0.855. The molecule has 0 aromatic rings. The first-order valence-electron chi connectivity index (χ1n) is 8.15. The Balaban J connectivity index is 4.20. The molecule has 0 fully saturated rings. The second-order valence-electron chi connectivity index (χ2n) is 5.90. The van der Waals surface area contributed by atoms with E-state index in [4.69, 9.17) is 15.3 Å². The van der Waals surface area contributed by atoms with Crippen LogP contribution in [-0.4, -0.2) is 45.6 Å². The molecule has 0 aromatic carbocycles. The molecule has 6 heteroatoms. The Morgan fingerprint density at radius 1 is 0.682 bits per heavy atom. The molecule has 0 unspecified atom stereocenters. The summed E-state index contributed by atoms with van der Waals surface area (Å²) in [6, 6.07) is 0. The number of carboxylic acids is 2. The van der Waals surface area contributed by atoms with Crippen molar-refractivity contribution in [2.45, 2.75) is 70.6 Å². The molecular weight excluding hydrogens is 288 g/mol. The summed E-state index contributed by atoms with van der Waals surface area (Å²) in [5.74, 6) is -1.63. The van der Waals surface area contributed by atoms with Crippen molar-refractivity contribution in [3.8, 4) is 0 Å². The number of aliphatic carboxylic acids is 2. The predicted molar refractivity (Wildman–Crippen MR) is 82.7 cm³/mol. The zero-order valence-electron chi connectivity index (χ0n) is 13.3. The molecule has 0 aromatic heterocycles. The smallest absolute Gasteiger partial charge is 0.309 e. The number of unbranched alkanes of at least 4 members (excludes halogenated alkanes) is 4. The summed E-state index contributed by atoms with van der Waals surface area (Å²) < 4.78 is 0. The average molecular weight is 318 g/mol. The van der Waals surface area contributed by atoms with Crippen LogP contribution < -0.4 is 0 Å².